The summed E-state index contributed by atoms with van der Waals surface area (Å²) in [4.78, 5) is 6.81. The predicted octanol–water partition coefficient (Wildman–Crippen LogP) is 2.34. The molecule has 114 valence electrons. The van der Waals surface area contributed by atoms with Gasteiger partial charge < -0.3 is 4.90 Å². The summed E-state index contributed by atoms with van der Waals surface area (Å²) in [6, 6.07) is 3.88. The van der Waals surface area contributed by atoms with E-state index in [4.69, 9.17) is 11.6 Å². The number of anilines is 1. The molecule has 1 fully saturated rings. The van der Waals surface area contributed by atoms with Crippen molar-refractivity contribution in [3.05, 3.63) is 22.7 Å². The van der Waals surface area contributed by atoms with Gasteiger partial charge in [0.25, 0.3) is 0 Å². The van der Waals surface area contributed by atoms with Crippen LogP contribution in [0.25, 0.3) is 10.2 Å². The van der Waals surface area contributed by atoms with E-state index in [-0.39, 0.29) is 0 Å². The Balaban J connectivity index is 1.85. The molecule has 1 aliphatic heterocycles. The van der Waals surface area contributed by atoms with Gasteiger partial charge in [0.15, 0.2) is 5.13 Å². The van der Waals surface area contributed by atoms with Crippen molar-refractivity contribution < 1.29 is 8.42 Å². The Labute approximate surface area is 133 Å². The Hall–Kier alpha value is -0.890. The fraction of sp³-hybridized carbons (Fsp3) is 0.462. The summed E-state index contributed by atoms with van der Waals surface area (Å²) in [6.45, 7) is 4.32. The first kappa shape index (κ1) is 15.0. The van der Waals surface area contributed by atoms with Gasteiger partial charge >= 0.3 is 0 Å². The molecule has 0 aliphatic carbocycles. The molecule has 0 saturated carbocycles. The fourth-order valence-corrected chi connectivity index (χ4v) is 4.49. The van der Waals surface area contributed by atoms with Crippen molar-refractivity contribution >= 4 is 48.3 Å². The minimum atomic E-state index is -3.10. The molecule has 2 heterocycles. The predicted molar refractivity (Wildman–Crippen MR) is 88.0 cm³/mol. The van der Waals surface area contributed by atoms with Crippen LogP contribution in [0.1, 0.15) is 5.56 Å². The van der Waals surface area contributed by atoms with Gasteiger partial charge in [0.2, 0.25) is 10.0 Å². The lowest BCUT2D eigenvalue weighted by Crippen LogP contribution is -2.48. The highest BCUT2D eigenvalue weighted by molar-refractivity contribution is 7.88. The Morgan fingerprint density at radius 1 is 1.24 bits per heavy atom. The highest BCUT2D eigenvalue weighted by Crippen LogP contribution is 2.33. The van der Waals surface area contributed by atoms with Gasteiger partial charge in [-0.1, -0.05) is 22.9 Å². The molecule has 0 unspecified atom stereocenters. The number of halogens is 1. The summed E-state index contributed by atoms with van der Waals surface area (Å²) in [5.41, 5.74) is 1.93. The first-order chi connectivity index (χ1) is 9.86. The van der Waals surface area contributed by atoms with Crippen LogP contribution in [-0.4, -0.2) is 50.1 Å². The van der Waals surface area contributed by atoms with Crippen molar-refractivity contribution in [3.8, 4) is 0 Å². The average Bonchev–Trinajstić information content (AvgIpc) is 2.87. The molecule has 5 nitrogen and oxygen atoms in total. The van der Waals surface area contributed by atoms with Crippen LogP contribution in [0.4, 0.5) is 5.13 Å². The van der Waals surface area contributed by atoms with Crippen LogP contribution in [0.2, 0.25) is 5.02 Å². The third kappa shape index (κ3) is 2.88. The molecule has 0 radical (unpaired) electrons. The summed E-state index contributed by atoms with van der Waals surface area (Å²) in [7, 11) is -3.10. The van der Waals surface area contributed by atoms with Crippen molar-refractivity contribution in [2.24, 2.45) is 0 Å². The van der Waals surface area contributed by atoms with Crippen LogP contribution < -0.4 is 4.90 Å². The molecule has 0 N–H and O–H groups in total. The highest BCUT2D eigenvalue weighted by atomic mass is 35.5. The monoisotopic (exact) mass is 345 g/mol. The minimum Gasteiger partial charge on any atom is -0.345 e. The van der Waals surface area contributed by atoms with E-state index in [1.807, 2.05) is 19.1 Å². The molecule has 3 rings (SSSR count). The van der Waals surface area contributed by atoms with Crippen molar-refractivity contribution in [1.82, 2.24) is 9.29 Å². The van der Waals surface area contributed by atoms with Gasteiger partial charge in [-0.25, -0.2) is 13.4 Å². The van der Waals surface area contributed by atoms with Gasteiger partial charge in [0.05, 0.1) is 16.5 Å². The molecule has 0 atom stereocenters. The normalized spacial score (nSPS) is 17.6. The molecule has 0 bridgehead atoms. The van der Waals surface area contributed by atoms with Crippen LogP contribution in [0.15, 0.2) is 12.1 Å². The zero-order chi connectivity index (χ0) is 15.2. The molecule has 1 aliphatic rings. The van der Waals surface area contributed by atoms with E-state index in [9.17, 15) is 8.42 Å². The van der Waals surface area contributed by atoms with Crippen LogP contribution in [0.3, 0.4) is 0 Å². The molecular formula is C13H16ClN3O2S2. The molecule has 0 spiro atoms. The van der Waals surface area contributed by atoms with Crippen molar-refractivity contribution in [1.29, 1.82) is 0 Å². The summed E-state index contributed by atoms with van der Waals surface area (Å²) in [6.07, 6.45) is 1.26. The molecule has 1 aromatic carbocycles. The summed E-state index contributed by atoms with van der Waals surface area (Å²) in [5, 5.41) is 1.66. The van der Waals surface area contributed by atoms with Crippen LogP contribution in [-0.2, 0) is 10.0 Å². The van der Waals surface area contributed by atoms with Gasteiger partial charge in [0.1, 0.15) is 0 Å². The van der Waals surface area contributed by atoms with E-state index >= 15 is 0 Å². The smallest absolute Gasteiger partial charge is 0.211 e. The van der Waals surface area contributed by atoms with Gasteiger partial charge in [0, 0.05) is 31.2 Å². The van der Waals surface area contributed by atoms with E-state index in [0.717, 1.165) is 25.9 Å². The summed E-state index contributed by atoms with van der Waals surface area (Å²) >= 11 is 7.75. The number of fused-ring (bicyclic) bond motifs is 1. The van der Waals surface area contributed by atoms with Crippen molar-refractivity contribution in [2.75, 3.05) is 37.3 Å². The zero-order valence-corrected chi connectivity index (χ0v) is 14.2. The molecule has 0 amide bonds. The summed E-state index contributed by atoms with van der Waals surface area (Å²) < 4.78 is 25.7. The second-order valence-corrected chi connectivity index (χ2v) is 8.56. The lowest BCUT2D eigenvalue weighted by atomic mass is 10.2. The molecule has 2 aromatic rings. The second-order valence-electron chi connectivity index (χ2n) is 5.16. The number of benzene rings is 1. The zero-order valence-electron chi connectivity index (χ0n) is 11.8. The fourth-order valence-electron chi connectivity index (χ4n) is 2.44. The third-order valence-corrected chi connectivity index (χ3v) is 6.51. The number of sulfonamides is 1. The maximum Gasteiger partial charge on any atom is 0.211 e. The van der Waals surface area contributed by atoms with E-state index in [2.05, 4.69) is 9.88 Å². The number of rotatable bonds is 2. The number of thiazole rings is 1. The minimum absolute atomic E-state index is 0.508. The molecular weight excluding hydrogens is 330 g/mol. The SMILES string of the molecule is Cc1c(Cl)ccc2sc(N3CCN(S(C)(=O)=O)CC3)nc12. The number of hydrogen-bond donors (Lipinski definition) is 0. The van der Waals surface area contributed by atoms with Gasteiger partial charge in [-0.15, -0.1) is 0 Å². The number of aryl methyl sites for hydroxylation is 1. The number of nitrogens with zero attached hydrogens (tertiary/aromatic N) is 3. The molecule has 1 aromatic heterocycles. The van der Waals surface area contributed by atoms with Gasteiger partial charge in [-0.05, 0) is 24.6 Å². The van der Waals surface area contributed by atoms with Crippen molar-refractivity contribution in [2.45, 2.75) is 6.92 Å². The second kappa shape index (κ2) is 5.39. The van der Waals surface area contributed by atoms with Gasteiger partial charge in [-0.3, -0.25) is 0 Å². The largest absolute Gasteiger partial charge is 0.345 e. The average molecular weight is 346 g/mol. The van der Waals surface area contributed by atoms with E-state index in [1.165, 1.54) is 10.6 Å². The molecule has 21 heavy (non-hydrogen) atoms. The molecule has 1 saturated heterocycles. The van der Waals surface area contributed by atoms with Crippen LogP contribution >= 0.6 is 22.9 Å². The van der Waals surface area contributed by atoms with Crippen LogP contribution in [0, 0.1) is 6.92 Å². The quantitative estimate of drug-likeness (QED) is 0.838. The standard InChI is InChI=1S/C13H16ClN3O2S2/c1-9-10(14)3-4-11-12(9)15-13(20-11)16-5-7-17(8-6-16)21(2,18)19/h3-4H,5-8H2,1-2H3. The Morgan fingerprint density at radius 3 is 2.52 bits per heavy atom. The van der Waals surface area contributed by atoms with Crippen LogP contribution in [0.5, 0.6) is 0 Å². The number of hydrogen-bond acceptors (Lipinski definition) is 5. The topological polar surface area (TPSA) is 53.5 Å². The first-order valence-electron chi connectivity index (χ1n) is 6.62. The lowest BCUT2D eigenvalue weighted by molar-refractivity contribution is 0.388. The highest BCUT2D eigenvalue weighted by Gasteiger charge is 2.25. The van der Waals surface area contributed by atoms with Crippen molar-refractivity contribution in [3.63, 3.8) is 0 Å². The maximum atomic E-state index is 11.5. The lowest BCUT2D eigenvalue weighted by Gasteiger charge is -2.32. The Kier molecular flexibility index (Phi) is 3.85. The van der Waals surface area contributed by atoms with Gasteiger partial charge in [-0.2, -0.15) is 4.31 Å². The number of aromatic nitrogens is 1. The first-order valence-corrected chi connectivity index (χ1v) is 9.66. The maximum absolute atomic E-state index is 11.5. The third-order valence-electron chi connectivity index (χ3n) is 3.71. The Morgan fingerprint density at radius 2 is 1.90 bits per heavy atom. The Bertz CT molecular complexity index is 780. The summed E-state index contributed by atoms with van der Waals surface area (Å²) in [5.74, 6) is 0. The van der Waals surface area contributed by atoms with E-state index in [1.54, 1.807) is 11.3 Å². The number of piperazine rings is 1. The van der Waals surface area contributed by atoms with E-state index in [0.29, 0.717) is 26.2 Å². The molecule has 8 heteroatoms. The van der Waals surface area contributed by atoms with E-state index < -0.39 is 10.0 Å².